The second-order valence-electron chi connectivity index (χ2n) is 6.94. The van der Waals surface area contributed by atoms with E-state index in [1.54, 1.807) is 23.9 Å². The highest BCUT2D eigenvalue weighted by atomic mass is 32.2. The first-order valence-corrected chi connectivity index (χ1v) is 10.4. The van der Waals surface area contributed by atoms with E-state index in [1.165, 1.54) is 20.2 Å². The lowest BCUT2D eigenvalue weighted by atomic mass is 10.1. The number of sulfonamides is 1. The maximum Gasteiger partial charge on any atom is 0.277 e. The second-order valence-corrected chi connectivity index (χ2v) is 9.09. The van der Waals surface area contributed by atoms with E-state index >= 15 is 0 Å². The van der Waals surface area contributed by atoms with E-state index in [0.29, 0.717) is 12.2 Å². The average molecular weight is 414 g/mol. The minimum absolute atomic E-state index is 0.119. The number of hydrogen-bond donors (Lipinski definition) is 1. The lowest BCUT2D eigenvalue weighted by Crippen LogP contribution is -2.23. The molecule has 1 amide bonds. The molecule has 0 aliphatic rings. The molecule has 9 heteroatoms. The fourth-order valence-electron chi connectivity index (χ4n) is 2.75. The third kappa shape index (κ3) is 4.52. The van der Waals surface area contributed by atoms with Crippen molar-refractivity contribution in [2.45, 2.75) is 25.3 Å². The number of carbonyl (C=O) groups excluding carboxylic acids is 1. The topological polar surface area (TPSA) is 97.2 Å². The quantitative estimate of drug-likeness (QED) is 0.669. The van der Waals surface area contributed by atoms with Crippen LogP contribution in [0.1, 0.15) is 27.2 Å². The summed E-state index contributed by atoms with van der Waals surface area (Å²) in [5.74, 6) is -0.453. The van der Waals surface area contributed by atoms with Crippen LogP contribution in [0.3, 0.4) is 0 Å². The Balaban J connectivity index is 1.83. The Hall–Kier alpha value is -3.04. The zero-order chi connectivity index (χ0) is 21.2. The van der Waals surface area contributed by atoms with Crippen LogP contribution in [-0.4, -0.2) is 47.7 Å². The van der Waals surface area contributed by atoms with Crippen molar-refractivity contribution in [3.05, 3.63) is 71.0 Å². The van der Waals surface area contributed by atoms with Crippen molar-refractivity contribution < 1.29 is 13.2 Å². The molecule has 29 heavy (non-hydrogen) atoms. The van der Waals surface area contributed by atoms with Crippen LogP contribution in [0.2, 0.25) is 0 Å². The molecule has 152 valence electrons. The number of benzene rings is 2. The molecule has 0 atom stereocenters. The highest BCUT2D eigenvalue weighted by Gasteiger charge is 2.21. The summed E-state index contributed by atoms with van der Waals surface area (Å²) in [4.78, 5) is 12.8. The van der Waals surface area contributed by atoms with Gasteiger partial charge in [0.1, 0.15) is 0 Å². The number of carbonyl (C=O) groups is 1. The first-order chi connectivity index (χ1) is 13.7. The lowest BCUT2D eigenvalue weighted by molar-refractivity contribution is 0.102. The molecular formula is C20H23N5O3S. The van der Waals surface area contributed by atoms with Crippen LogP contribution < -0.4 is 5.32 Å². The smallest absolute Gasteiger partial charge is 0.277 e. The first-order valence-electron chi connectivity index (χ1n) is 8.97. The summed E-state index contributed by atoms with van der Waals surface area (Å²) in [5, 5.41) is 10.7. The van der Waals surface area contributed by atoms with E-state index in [2.05, 4.69) is 15.6 Å². The van der Waals surface area contributed by atoms with Gasteiger partial charge in [0.05, 0.1) is 17.6 Å². The summed E-state index contributed by atoms with van der Waals surface area (Å²) in [5.41, 5.74) is 3.16. The van der Waals surface area contributed by atoms with Crippen LogP contribution >= 0.6 is 0 Å². The maximum absolute atomic E-state index is 12.7. The number of nitrogens with one attached hydrogen (secondary N) is 1. The van der Waals surface area contributed by atoms with Crippen LogP contribution in [-0.2, 0) is 16.6 Å². The molecule has 2 aromatic carbocycles. The fourth-order valence-corrected chi connectivity index (χ4v) is 3.77. The van der Waals surface area contributed by atoms with Gasteiger partial charge in [-0.3, -0.25) is 4.79 Å². The fraction of sp³-hybridized carbons (Fsp3) is 0.250. The summed E-state index contributed by atoms with van der Waals surface area (Å²) in [7, 11) is -0.687. The minimum atomic E-state index is -3.62. The standard InChI is InChI=1S/C20H23N5O3S/c1-14-10-17(29(27,28)24(3)4)11-18(15(14)2)21-20(26)19-13-25(23-22-19)12-16-8-6-5-7-9-16/h5-11,13H,12H2,1-4H3,(H,21,26). The van der Waals surface area contributed by atoms with Gasteiger partial charge in [0.15, 0.2) is 5.69 Å². The van der Waals surface area contributed by atoms with Gasteiger partial charge in [-0.05, 0) is 42.7 Å². The zero-order valence-corrected chi connectivity index (χ0v) is 17.6. The Kier molecular flexibility index (Phi) is 5.81. The van der Waals surface area contributed by atoms with Crippen molar-refractivity contribution >= 4 is 21.6 Å². The summed E-state index contributed by atoms with van der Waals surface area (Å²) >= 11 is 0. The molecule has 1 N–H and O–H groups in total. The van der Waals surface area contributed by atoms with Crippen molar-refractivity contribution in [3.8, 4) is 0 Å². The van der Waals surface area contributed by atoms with Gasteiger partial charge in [-0.15, -0.1) is 5.10 Å². The van der Waals surface area contributed by atoms with Gasteiger partial charge in [0.25, 0.3) is 5.91 Å². The normalized spacial score (nSPS) is 11.6. The van der Waals surface area contributed by atoms with Crippen molar-refractivity contribution in [1.82, 2.24) is 19.3 Å². The molecule has 0 fully saturated rings. The van der Waals surface area contributed by atoms with Gasteiger partial charge in [-0.2, -0.15) is 0 Å². The summed E-state index contributed by atoms with van der Waals surface area (Å²) in [6, 6.07) is 12.8. The largest absolute Gasteiger partial charge is 0.320 e. The number of nitrogens with zero attached hydrogens (tertiary/aromatic N) is 4. The Bertz CT molecular complexity index is 1140. The molecule has 0 aliphatic carbocycles. The van der Waals surface area contributed by atoms with E-state index in [9.17, 15) is 13.2 Å². The Labute approximate surface area is 170 Å². The number of aryl methyl sites for hydroxylation is 1. The number of aromatic nitrogens is 3. The number of rotatable bonds is 6. The third-order valence-corrected chi connectivity index (χ3v) is 6.42. The first kappa shape index (κ1) is 20.7. The Morgan fingerprint density at radius 2 is 1.83 bits per heavy atom. The zero-order valence-electron chi connectivity index (χ0n) is 16.7. The molecule has 3 rings (SSSR count). The van der Waals surface area contributed by atoms with Gasteiger partial charge in [-0.1, -0.05) is 35.5 Å². The highest BCUT2D eigenvalue weighted by molar-refractivity contribution is 7.89. The third-order valence-electron chi connectivity index (χ3n) is 4.63. The monoisotopic (exact) mass is 413 g/mol. The van der Waals surface area contributed by atoms with E-state index in [1.807, 2.05) is 37.3 Å². The van der Waals surface area contributed by atoms with Crippen LogP contribution in [0.25, 0.3) is 0 Å². The minimum Gasteiger partial charge on any atom is -0.320 e. The number of anilines is 1. The van der Waals surface area contributed by atoms with Crippen LogP contribution in [0.5, 0.6) is 0 Å². The Morgan fingerprint density at radius 3 is 2.48 bits per heavy atom. The molecule has 0 spiro atoms. The van der Waals surface area contributed by atoms with Crippen molar-refractivity contribution in [3.63, 3.8) is 0 Å². The molecule has 1 aromatic heterocycles. The van der Waals surface area contributed by atoms with E-state index in [0.717, 1.165) is 21.0 Å². The SMILES string of the molecule is Cc1cc(S(=O)(=O)N(C)C)cc(NC(=O)c2cn(Cc3ccccc3)nn2)c1C. The van der Waals surface area contributed by atoms with E-state index in [-0.39, 0.29) is 10.6 Å². The number of hydrogen-bond acceptors (Lipinski definition) is 5. The Morgan fingerprint density at radius 1 is 1.14 bits per heavy atom. The lowest BCUT2D eigenvalue weighted by Gasteiger charge is -2.16. The molecule has 0 unspecified atom stereocenters. The van der Waals surface area contributed by atoms with Gasteiger partial charge in [0, 0.05) is 19.8 Å². The predicted octanol–water partition coefficient (Wildman–Crippen LogP) is 2.45. The van der Waals surface area contributed by atoms with Crippen LogP contribution in [0, 0.1) is 13.8 Å². The summed E-state index contributed by atoms with van der Waals surface area (Å²) in [6.07, 6.45) is 1.56. The molecule has 8 nitrogen and oxygen atoms in total. The maximum atomic E-state index is 12.7. The molecule has 0 saturated heterocycles. The van der Waals surface area contributed by atoms with Gasteiger partial charge in [0.2, 0.25) is 10.0 Å². The molecular weight excluding hydrogens is 390 g/mol. The highest BCUT2D eigenvalue weighted by Crippen LogP contribution is 2.26. The van der Waals surface area contributed by atoms with Gasteiger partial charge < -0.3 is 5.32 Å². The molecule has 0 radical (unpaired) electrons. The predicted molar refractivity (Wildman–Crippen MR) is 110 cm³/mol. The summed E-state index contributed by atoms with van der Waals surface area (Å²) < 4.78 is 27.7. The molecule has 0 aliphatic heterocycles. The van der Waals surface area contributed by atoms with Crippen molar-refractivity contribution in [2.75, 3.05) is 19.4 Å². The number of amides is 1. The van der Waals surface area contributed by atoms with Gasteiger partial charge in [-0.25, -0.2) is 17.4 Å². The molecule has 3 aromatic rings. The summed E-state index contributed by atoms with van der Waals surface area (Å²) in [6.45, 7) is 4.12. The molecule has 0 saturated carbocycles. The molecule has 1 heterocycles. The van der Waals surface area contributed by atoms with Crippen LogP contribution in [0.15, 0.2) is 53.6 Å². The van der Waals surface area contributed by atoms with Crippen molar-refractivity contribution in [1.29, 1.82) is 0 Å². The average Bonchev–Trinajstić information content (AvgIpc) is 3.14. The van der Waals surface area contributed by atoms with Crippen molar-refractivity contribution in [2.24, 2.45) is 0 Å². The molecule has 0 bridgehead atoms. The second kappa shape index (κ2) is 8.14. The van der Waals surface area contributed by atoms with Gasteiger partial charge >= 0.3 is 0 Å². The van der Waals surface area contributed by atoms with E-state index < -0.39 is 15.9 Å². The van der Waals surface area contributed by atoms with Crippen LogP contribution in [0.4, 0.5) is 5.69 Å². The van der Waals surface area contributed by atoms with E-state index in [4.69, 9.17) is 0 Å².